The molecule has 21 heavy (non-hydrogen) atoms. The van der Waals surface area contributed by atoms with Crippen molar-refractivity contribution in [1.29, 1.82) is 0 Å². The number of methoxy groups -OCH3 is 1. The van der Waals surface area contributed by atoms with E-state index < -0.39 is 5.82 Å². The van der Waals surface area contributed by atoms with Gasteiger partial charge in [0.1, 0.15) is 9.98 Å². The molecule has 0 atom stereocenters. The smallest absolute Gasteiger partial charge is 0.165 e. The molecule has 0 N–H and O–H groups in total. The van der Waals surface area contributed by atoms with Crippen molar-refractivity contribution in [2.24, 2.45) is 0 Å². The highest BCUT2D eigenvalue weighted by Gasteiger charge is 2.15. The number of benzene rings is 1. The van der Waals surface area contributed by atoms with E-state index in [-0.39, 0.29) is 5.75 Å². The van der Waals surface area contributed by atoms with Gasteiger partial charge in [-0.15, -0.1) is 11.3 Å². The molecule has 0 bridgehead atoms. The lowest BCUT2D eigenvalue weighted by Gasteiger charge is -2.06. The zero-order valence-electron chi connectivity index (χ0n) is 11.7. The van der Waals surface area contributed by atoms with Crippen LogP contribution < -0.4 is 4.74 Å². The van der Waals surface area contributed by atoms with Crippen LogP contribution in [-0.4, -0.2) is 17.1 Å². The van der Waals surface area contributed by atoms with Crippen LogP contribution in [0.2, 0.25) is 5.15 Å². The van der Waals surface area contributed by atoms with Crippen molar-refractivity contribution in [3.8, 4) is 17.1 Å². The fourth-order valence-corrected chi connectivity index (χ4v) is 3.53. The van der Waals surface area contributed by atoms with E-state index in [2.05, 4.69) is 9.97 Å². The molecule has 0 radical (unpaired) electrons. The van der Waals surface area contributed by atoms with Crippen molar-refractivity contribution in [1.82, 2.24) is 9.97 Å². The van der Waals surface area contributed by atoms with Crippen LogP contribution in [0.25, 0.3) is 21.6 Å². The van der Waals surface area contributed by atoms with E-state index in [1.54, 1.807) is 23.5 Å². The van der Waals surface area contributed by atoms with E-state index in [1.165, 1.54) is 13.2 Å². The minimum atomic E-state index is -0.420. The number of thiophene rings is 1. The van der Waals surface area contributed by atoms with Crippen LogP contribution in [0.4, 0.5) is 4.39 Å². The summed E-state index contributed by atoms with van der Waals surface area (Å²) in [7, 11) is 1.42. The molecule has 0 unspecified atom stereocenters. The number of hydrogen-bond acceptors (Lipinski definition) is 4. The summed E-state index contributed by atoms with van der Waals surface area (Å²) in [6.45, 7) is 4.03. The van der Waals surface area contributed by atoms with Gasteiger partial charge in [-0.1, -0.05) is 11.6 Å². The van der Waals surface area contributed by atoms with Gasteiger partial charge < -0.3 is 4.74 Å². The standard InChI is InChI=1S/C15H12ClFN2OS/c1-7-8(2)21-15-12(7)13(16)18-14(19-15)9-4-5-10(17)11(6-9)20-3/h4-6H,1-3H3. The SMILES string of the molecule is COc1cc(-c2nc(Cl)c3c(C)c(C)sc3n2)ccc1F. The third-order valence-corrected chi connectivity index (χ3v) is 4.77. The Morgan fingerprint density at radius 2 is 2.00 bits per heavy atom. The normalized spacial score (nSPS) is 11.1. The predicted molar refractivity (Wildman–Crippen MR) is 83.8 cm³/mol. The topological polar surface area (TPSA) is 35.0 Å². The maximum Gasteiger partial charge on any atom is 0.165 e. The van der Waals surface area contributed by atoms with Crippen molar-refractivity contribution < 1.29 is 9.13 Å². The highest BCUT2D eigenvalue weighted by atomic mass is 35.5. The molecule has 3 aromatic rings. The molecule has 0 amide bonds. The minimum Gasteiger partial charge on any atom is -0.494 e. The van der Waals surface area contributed by atoms with Crippen molar-refractivity contribution >= 4 is 33.2 Å². The van der Waals surface area contributed by atoms with Crippen LogP contribution in [0.3, 0.4) is 0 Å². The first-order valence-electron chi connectivity index (χ1n) is 6.28. The number of fused-ring (bicyclic) bond motifs is 1. The Morgan fingerprint density at radius 1 is 1.24 bits per heavy atom. The number of nitrogens with zero attached hydrogens (tertiary/aromatic N) is 2. The molecule has 3 rings (SSSR count). The minimum absolute atomic E-state index is 0.158. The highest BCUT2D eigenvalue weighted by molar-refractivity contribution is 7.18. The van der Waals surface area contributed by atoms with E-state index in [9.17, 15) is 4.39 Å². The Labute approximate surface area is 130 Å². The summed E-state index contributed by atoms with van der Waals surface area (Å²) in [5.41, 5.74) is 1.77. The number of hydrogen-bond donors (Lipinski definition) is 0. The zero-order chi connectivity index (χ0) is 15.1. The Bertz CT molecular complexity index is 847. The van der Waals surface area contributed by atoms with E-state index in [1.807, 2.05) is 13.8 Å². The summed E-state index contributed by atoms with van der Waals surface area (Å²) in [6.07, 6.45) is 0. The van der Waals surface area contributed by atoms with Crippen molar-refractivity contribution in [2.75, 3.05) is 7.11 Å². The summed E-state index contributed by atoms with van der Waals surface area (Å²) in [6, 6.07) is 4.52. The van der Waals surface area contributed by atoms with Crippen LogP contribution in [0.15, 0.2) is 18.2 Å². The Morgan fingerprint density at radius 3 is 2.71 bits per heavy atom. The van der Waals surface area contributed by atoms with Gasteiger partial charge in [0.2, 0.25) is 0 Å². The molecule has 3 nitrogen and oxygen atoms in total. The maximum absolute atomic E-state index is 13.5. The first-order valence-corrected chi connectivity index (χ1v) is 7.48. The van der Waals surface area contributed by atoms with Gasteiger partial charge in [-0.25, -0.2) is 14.4 Å². The molecule has 0 spiro atoms. The zero-order valence-corrected chi connectivity index (χ0v) is 13.3. The summed E-state index contributed by atoms with van der Waals surface area (Å²) in [5.74, 6) is 0.203. The van der Waals surface area contributed by atoms with Crippen LogP contribution in [0.5, 0.6) is 5.75 Å². The molecular formula is C15H12ClFN2OS. The highest BCUT2D eigenvalue weighted by Crippen LogP contribution is 2.35. The van der Waals surface area contributed by atoms with Crippen molar-refractivity contribution in [3.05, 3.63) is 39.6 Å². The fraction of sp³-hybridized carbons (Fsp3) is 0.200. The van der Waals surface area contributed by atoms with Gasteiger partial charge in [-0.05, 0) is 37.6 Å². The third kappa shape index (κ3) is 2.36. The lowest BCUT2D eigenvalue weighted by Crippen LogP contribution is -1.93. The first-order chi connectivity index (χ1) is 10.0. The second kappa shape index (κ2) is 5.24. The third-order valence-electron chi connectivity index (χ3n) is 3.39. The van der Waals surface area contributed by atoms with Crippen LogP contribution >= 0.6 is 22.9 Å². The fourth-order valence-electron chi connectivity index (χ4n) is 2.13. The molecule has 2 heterocycles. The molecule has 0 fully saturated rings. The Balaban J connectivity index is 2.21. The molecule has 0 saturated carbocycles. The van der Waals surface area contributed by atoms with Gasteiger partial charge in [0.25, 0.3) is 0 Å². The van der Waals surface area contributed by atoms with Crippen LogP contribution in [-0.2, 0) is 0 Å². The quantitative estimate of drug-likeness (QED) is 0.637. The molecule has 0 aliphatic carbocycles. The summed E-state index contributed by atoms with van der Waals surface area (Å²) >= 11 is 7.86. The van der Waals surface area contributed by atoms with E-state index >= 15 is 0 Å². The van der Waals surface area contributed by atoms with Gasteiger partial charge in [0.15, 0.2) is 17.4 Å². The van der Waals surface area contributed by atoms with Crippen molar-refractivity contribution in [3.63, 3.8) is 0 Å². The van der Waals surface area contributed by atoms with E-state index in [4.69, 9.17) is 16.3 Å². The van der Waals surface area contributed by atoms with E-state index in [0.29, 0.717) is 16.5 Å². The van der Waals surface area contributed by atoms with Gasteiger partial charge >= 0.3 is 0 Å². The summed E-state index contributed by atoms with van der Waals surface area (Å²) in [4.78, 5) is 10.9. The van der Waals surface area contributed by atoms with Gasteiger partial charge in [-0.3, -0.25) is 0 Å². The number of halogens is 2. The second-order valence-electron chi connectivity index (χ2n) is 4.65. The molecule has 108 valence electrons. The van der Waals surface area contributed by atoms with Crippen LogP contribution in [0, 0.1) is 19.7 Å². The molecule has 0 aliphatic heterocycles. The molecular weight excluding hydrogens is 311 g/mol. The van der Waals surface area contributed by atoms with Gasteiger partial charge in [0.05, 0.1) is 12.5 Å². The second-order valence-corrected chi connectivity index (χ2v) is 6.21. The maximum atomic E-state index is 13.5. The Hall–Kier alpha value is -1.72. The summed E-state index contributed by atoms with van der Waals surface area (Å²) < 4.78 is 18.5. The Kier molecular flexibility index (Phi) is 3.55. The van der Waals surface area contributed by atoms with Crippen LogP contribution in [0.1, 0.15) is 10.4 Å². The largest absolute Gasteiger partial charge is 0.494 e. The molecule has 0 aliphatic rings. The lowest BCUT2D eigenvalue weighted by molar-refractivity contribution is 0.387. The number of aryl methyl sites for hydroxylation is 2. The van der Waals surface area contributed by atoms with Crippen molar-refractivity contribution in [2.45, 2.75) is 13.8 Å². The number of ether oxygens (including phenoxy) is 1. The average molecular weight is 323 g/mol. The first kappa shape index (κ1) is 14.2. The average Bonchev–Trinajstić information content (AvgIpc) is 2.75. The number of rotatable bonds is 2. The monoisotopic (exact) mass is 322 g/mol. The molecule has 2 aromatic heterocycles. The molecule has 6 heteroatoms. The summed E-state index contributed by atoms with van der Waals surface area (Å²) in [5, 5.41) is 1.30. The van der Waals surface area contributed by atoms with E-state index in [0.717, 1.165) is 20.7 Å². The molecule has 1 aromatic carbocycles. The van der Waals surface area contributed by atoms with Gasteiger partial charge in [0, 0.05) is 10.4 Å². The lowest BCUT2D eigenvalue weighted by atomic mass is 10.2. The number of aromatic nitrogens is 2. The van der Waals surface area contributed by atoms with Gasteiger partial charge in [-0.2, -0.15) is 0 Å². The predicted octanol–water partition coefficient (Wildman–Crippen LogP) is 4.78. The molecule has 0 saturated heterocycles.